The number of amides is 1. The number of hydrogen-bond acceptors (Lipinski definition) is 6. The molecule has 3 atom stereocenters. The van der Waals surface area contributed by atoms with Crippen molar-refractivity contribution in [1.29, 1.82) is 0 Å². The Morgan fingerprint density at radius 3 is 2.55 bits per heavy atom. The molecule has 2 aliphatic rings. The van der Waals surface area contributed by atoms with Gasteiger partial charge >= 0.3 is 0 Å². The number of piperidine rings is 1. The molecule has 1 aromatic rings. The third-order valence-electron chi connectivity index (χ3n) is 5.46. The van der Waals surface area contributed by atoms with E-state index in [1.165, 1.54) is 19.3 Å². The van der Waals surface area contributed by atoms with Gasteiger partial charge in [-0.25, -0.2) is 17.5 Å². The van der Waals surface area contributed by atoms with Crippen molar-refractivity contribution >= 4 is 15.9 Å². The normalized spacial score (nSPS) is 24.8. The van der Waals surface area contributed by atoms with Crippen LogP contribution in [0.1, 0.15) is 25.7 Å². The number of carbonyl (C=O) groups is 1. The lowest BCUT2D eigenvalue weighted by Gasteiger charge is -2.31. The Kier molecular flexibility index (Phi) is 8.56. The summed E-state index contributed by atoms with van der Waals surface area (Å²) in [6.45, 7) is 3.10. The lowest BCUT2D eigenvalue weighted by atomic mass is 10.1. The van der Waals surface area contributed by atoms with E-state index >= 15 is 0 Å². The molecule has 2 aliphatic heterocycles. The van der Waals surface area contributed by atoms with Crippen LogP contribution in [0.5, 0.6) is 0 Å². The van der Waals surface area contributed by atoms with Crippen molar-refractivity contribution < 1.29 is 27.4 Å². The summed E-state index contributed by atoms with van der Waals surface area (Å²) < 4.78 is 46.2. The van der Waals surface area contributed by atoms with Gasteiger partial charge in [-0.2, -0.15) is 0 Å². The van der Waals surface area contributed by atoms with Crippen LogP contribution in [-0.4, -0.2) is 75.4 Å². The average Bonchev–Trinajstić information content (AvgIpc) is 2.75. The predicted molar refractivity (Wildman–Crippen MR) is 113 cm³/mol. The quantitative estimate of drug-likeness (QED) is 0.475. The molecule has 0 radical (unpaired) electrons. The highest BCUT2D eigenvalue weighted by Crippen LogP contribution is 2.18. The molecule has 0 saturated carbocycles. The summed E-state index contributed by atoms with van der Waals surface area (Å²) in [7, 11) is -3.93. The molecule has 10 heteroatoms. The summed E-state index contributed by atoms with van der Waals surface area (Å²) in [5.74, 6) is -0.696. The number of aliphatic hydroxyl groups is 1. The second kappa shape index (κ2) is 11.1. The first kappa shape index (κ1) is 23.8. The van der Waals surface area contributed by atoms with E-state index < -0.39 is 40.7 Å². The van der Waals surface area contributed by atoms with Crippen LogP contribution in [-0.2, 0) is 19.6 Å². The maximum absolute atomic E-state index is 13.1. The Balaban J connectivity index is 1.50. The third-order valence-corrected chi connectivity index (χ3v) is 6.94. The van der Waals surface area contributed by atoms with Gasteiger partial charge in [0.2, 0.25) is 15.9 Å². The van der Waals surface area contributed by atoms with Gasteiger partial charge in [0.05, 0.1) is 30.1 Å². The molecule has 0 bridgehead atoms. The van der Waals surface area contributed by atoms with Crippen LogP contribution >= 0.6 is 0 Å². The first-order valence-electron chi connectivity index (χ1n) is 10.6. The fourth-order valence-corrected chi connectivity index (χ4v) is 4.98. The summed E-state index contributed by atoms with van der Waals surface area (Å²) in [5, 5.41) is 12.5. The smallest absolute Gasteiger partial charge is 0.241 e. The van der Waals surface area contributed by atoms with Crippen molar-refractivity contribution in [2.75, 3.05) is 32.8 Å². The summed E-state index contributed by atoms with van der Waals surface area (Å²) >= 11 is 0. The number of ether oxygens (including phenoxy) is 1. The predicted octanol–water partition coefficient (Wildman–Crippen LogP) is 0.781. The molecule has 1 aromatic carbocycles. The van der Waals surface area contributed by atoms with Crippen LogP contribution < -0.4 is 10.0 Å². The molecule has 1 fully saturated rings. The molecule has 0 aromatic heterocycles. The van der Waals surface area contributed by atoms with Crippen LogP contribution in [0.15, 0.2) is 41.3 Å². The molecule has 0 aliphatic carbocycles. The molecular formula is C21H30FN3O5S. The Morgan fingerprint density at radius 1 is 1.16 bits per heavy atom. The van der Waals surface area contributed by atoms with Crippen molar-refractivity contribution in [3.8, 4) is 0 Å². The molecule has 31 heavy (non-hydrogen) atoms. The highest BCUT2D eigenvalue weighted by Gasteiger charge is 2.31. The first-order chi connectivity index (χ1) is 14.9. The number of rotatable bonds is 9. The fraction of sp³-hybridized carbons (Fsp3) is 0.571. The van der Waals surface area contributed by atoms with Crippen LogP contribution in [0.3, 0.4) is 0 Å². The molecule has 3 N–H and O–H groups in total. The van der Waals surface area contributed by atoms with E-state index in [0.29, 0.717) is 6.54 Å². The summed E-state index contributed by atoms with van der Waals surface area (Å²) in [4.78, 5) is 14.5. The number of sulfonamides is 1. The van der Waals surface area contributed by atoms with Gasteiger partial charge < -0.3 is 20.1 Å². The van der Waals surface area contributed by atoms with Crippen molar-refractivity contribution in [1.82, 2.24) is 14.9 Å². The highest BCUT2D eigenvalue weighted by atomic mass is 32.2. The fourth-order valence-electron chi connectivity index (χ4n) is 3.76. The van der Waals surface area contributed by atoms with E-state index in [4.69, 9.17) is 4.74 Å². The van der Waals surface area contributed by atoms with E-state index in [-0.39, 0.29) is 17.2 Å². The van der Waals surface area contributed by atoms with Gasteiger partial charge in [-0.05, 0) is 50.2 Å². The zero-order valence-electron chi connectivity index (χ0n) is 17.4. The Morgan fingerprint density at radius 2 is 1.87 bits per heavy atom. The molecule has 0 spiro atoms. The van der Waals surface area contributed by atoms with Crippen molar-refractivity contribution in [2.45, 2.75) is 48.8 Å². The second-order valence-electron chi connectivity index (χ2n) is 7.84. The SMILES string of the molecule is O=C(C[C@H]1C=C[C@@H](NS(=O)(=O)c2ccc(F)cc2)[C@H](CO)O1)NCCN1CCCCC1. The lowest BCUT2D eigenvalue weighted by Crippen LogP contribution is -2.49. The maximum atomic E-state index is 13.1. The summed E-state index contributed by atoms with van der Waals surface area (Å²) in [6, 6.07) is 3.64. The van der Waals surface area contributed by atoms with E-state index in [0.717, 1.165) is 43.9 Å². The Bertz CT molecular complexity index is 856. The Hall–Kier alpha value is -1.85. The van der Waals surface area contributed by atoms with E-state index in [1.807, 2.05) is 0 Å². The number of halogens is 1. The minimum atomic E-state index is -3.93. The van der Waals surface area contributed by atoms with E-state index in [1.54, 1.807) is 12.2 Å². The zero-order valence-corrected chi connectivity index (χ0v) is 18.2. The van der Waals surface area contributed by atoms with Crippen LogP contribution in [0.25, 0.3) is 0 Å². The van der Waals surface area contributed by atoms with Gasteiger partial charge in [-0.15, -0.1) is 0 Å². The minimum absolute atomic E-state index is 0.0877. The number of carbonyl (C=O) groups excluding carboxylic acids is 1. The standard InChI is InChI=1S/C21H30FN3O5S/c22-16-4-7-18(8-5-16)31(28,29)24-19-9-6-17(30-20(19)15-26)14-21(27)23-10-13-25-11-2-1-3-12-25/h4-9,17,19-20,24,26H,1-3,10-15H2,(H,23,27)/t17-,19-,20+/m1/s1. The van der Waals surface area contributed by atoms with Crippen LogP contribution in [0.2, 0.25) is 0 Å². The number of hydrogen-bond donors (Lipinski definition) is 3. The number of aliphatic hydroxyl groups excluding tert-OH is 1. The van der Waals surface area contributed by atoms with Gasteiger partial charge in [0.15, 0.2) is 0 Å². The van der Waals surface area contributed by atoms with Crippen molar-refractivity contribution in [3.63, 3.8) is 0 Å². The first-order valence-corrected chi connectivity index (χ1v) is 12.1. The third kappa shape index (κ3) is 7.08. The minimum Gasteiger partial charge on any atom is -0.394 e. The largest absolute Gasteiger partial charge is 0.394 e. The lowest BCUT2D eigenvalue weighted by molar-refractivity contribution is -0.125. The van der Waals surface area contributed by atoms with Crippen LogP contribution in [0, 0.1) is 5.82 Å². The molecular weight excluding hydrogens is 425 g/mol. The summed E-state index contributed by atoms with van der Waals surface area (Å²) in [6.07, 6.45) is 5.55. The number of benzene rings is 1. The number of likely N-dealkylation sites (tertiary alicyclic amines) is 1. The summed E-state index contributed by atoms with van der Waals surface area (Å²) in [5.41, 5.74) is 0. The molecule has 1 amide bonds. The second-order valence-corrected chi connectivity index (χ2v) is 9.55. The van der Waals surface area contributed by atoms with Crippen LogP contribution in [0.4, 0.5) is 4.39 Å². The van der Waals surface area contributed by atoms with Gasteiger partial charge in [0.25, 0.3) is 0 Å². The molecule has 0 unspecified atom stereocenters. The molecule has 2 heterocycles. The van der Waals surface area contributed by atoms with Crippen molar-refractivity contribution in [2.24, 2.45) is 0 Å². The molecule has 172 valence electrons. The van der Waals surface area contributed by atoms with E-state index in [2.05, 4.69) is 14.9 Å². The zero-order chi connectivity index (χ0) is 22.3. The average molecular weight is 456 g/mol. The van der Waals surface area contributed by atoms with E-state index in [9.17, 15) is 22.7 Å². The highest BCUT2D eigenvalue weighted by molar-refractivity contribution is 7.89. The molecule has 3 rings (SSSR count). The monoisotopic (exact) mass is 455 g/mol. The van der Waals surface area contributed by atoms with Gasteiger partial charge in [-0.3, -0.25) is 4.79 Å². The molecule has 1 saturated heterocycles. The number of nitrogens with zero attached hydrogens (tertiary/aromatic N) is 1. The van der Waals surface area contributed by atoms with Gasteiger partial charge in [0.1, 0.15) is 11.9 Å². The Labute approximate surface area is 182 Å². The van der Waals surface area contributed by atoms with Crippen molar-refractivity contribution in [3.05, 3.63) is 42.2 Å². The van der Waals surface area contributed by atoms with Gasteiger partial charge in [0, 0.05) is 13.1 Å². The molecule has 8 nitrogen and oxygen atoms in total. The van der Waals surface area contributed by atoms with Gasteiger partial charge in [-0.1, -0.05) is 18.6 Å². The maximum Gasteiger partial charge on any atom is 0.241 e. The number of nitrogens with one attached hydrogen (secondary N) is 2. The topological polar surface area (TPSA) is 108 Å².